The summed E-state index contributed by atoms with van der Waals surface area (Å²) in [6, 6.07) is 5.27. The van der Waals surface area contributed by atoms with Gasteiger partial charge in [-0.05, 0) is 19.1 Å². The molecule has 1 aliphatic heterocycles. The summed E-state index contributed by atoms with van der Waals surface area (Å²) < 4.78 is 14.9. The predicted octanol–water partition coefficient (Wildman–Crippen LogP) is 1.35. The third kappa shape index (κ3) is 4.43. The van der Waals surface area contributed by atoms with E-state index in [0.717, 1.165) is 6.26 Å². The van der Waals surface area contributed by atoms with Crippen molar-refractivity contribution in [3.63, 3.8) is 0 Å². The van der Waals surface area contributed by atoms with Crippen molar-refractivity contribution in [2.24, 2.45) is 0 Å². The molecule has 0 radical (unpaired) electrons. The Morgan fingerprint density at radius 2 is 2.00 bits per heavy atom. The lowest BCUT2D eigenvalue weighted by atomic mass is 10.2. The maximum absolute atomic E-state index is 11.9. The van der Waals surface area contributed by atoms with Gasteiger partial charge in [-0.25, -0.2) is 4.79 Å². The highest BCUT2D eigenvalue weighted by molar-refractivity contribution is 5.96. The highest BCUT2D eigenvalue weighted by Crippen LogP contribution is 2.16. The van der Waals surface area contributed by atoms with Crippen molar-refractivity contribution in [2.75, 3.05) is 18.5 Å². The number of carbonyl (C=O) groups excluding carboxylic acids is 2. The van der Waals surface area contributed by atoms with Gasteiger partial charge in [0.05, 0.1) is 4.92 Å². The van der Waals surface area contributed by atoms with Gasteiger partial charge in [0.1, 0.15) is 19.5 Å². The van der Waals surface area contributed by atoms with Crippen LogP contribution in [0.1, 0.15) is 6.92 Å². The average Bonchev–Trinajstić information content (AvgIpc) is 2.56. The topological polar surface area (TPSA) is 117 Å². The van der Waals surface area contributed by atoms with Gasteiger partial charge in [0.15, 0.2) is 6.10 Å². The lowest BCUT2D eigenvalue weighted by Gasteiger charge is -2.17. The molecule has 0 fully saturated rings. The van der Waals surface area contributed by atoms with Crippen molar-refractivity contribution in [3.05, 3.63) is 46.4 Å². The first-order valence-electron chi connectivity index (χ1n) is 6.68. The molecular formula is C14H14N2O7. The highest BCUT2D eigenvalue weighted by atomic mass is 16.6. The smallest absolute Gasteiger partial charge is 0.377 e. The summed E-state index contributed by atoms with van der Waals surface area (Å²) in [5.74, 6) is -1.49. The molecular weight excluding hydrogens is 308 g/mol. The highest BCUT2D eigenvalue weighted by Gasteiger charge is 2.23. The molecule has 0 spiro atoms. The molecule has 1 atom stereocenters. The second kappa shape index (κ2) is 7.25. The van der Waals surface area contributed by atoms with Crippen LogP contribution in [0, 0.1) is 10.1 Å². The number of benzene rings is 1. The normalized spacial score (nSPS) is 14.6. The summed E-state index contributed by atoms with van der Waals surface area (Å²) in [4.78, 5) is 33.7. The van der Waals surface area contributed by atoms with Crippen LogP contribution < -0.4 is 5.32 Å². The first-order valence-corrected chi connectivity index (χ1v) is 6.68. The van der Waals surface area contributed by atoms with E-state index in [9.17, 15) is 19.7 Å². The van der Waals surface area contributed by atoms with Gasteiger partial charge in [0.25, 0.3) is 11.6 Å². The van der Waals surface area contributed by atoms with E-state index >= 15 is 0 Å². The Labute approximate surface area is 131 Å². The van der Waals surface area contributed by atoms with E-state index in [1.54, 1.807) is 0 Å². The number of anilines is 1. The van der Waals surface area contributed by atoms with Gasteiger partial charge in [0, 0.05) is 17.8 Å². The Balaban J connectivity index is 1.90. The molecule has 1 heterocycles. The number of carbonyl (C=O) groups is 2. The SMILES string of the molecule is C[C@@H](OC(=O)C1=COCCO1)C(=O)Nc1ccc([N+](=O)[O-])cc1. The Morgan fingerprint density at radius 3 is 2.57 bits per heavy atom. The van der Waals surface area contributed by atoms with Crippen molar-refractivity contribution < 1.29 is 28.7 Å². The zero-order valence-electron chi connectivity index (χ0n) is 12.2. The van der Waals surface area contributed by atoms with Crippen LogP contribution >= 0.6 is 0 Å². The van der Waals surface area contributed by atoms with Crippen LogP contribution in [0.5, 0.6) is 0 Å². The second-order valence-corrected chi connectivity index (χ2v) is 4.54. The first-order chi connectivity index (χ1) is 11.0. The van der Waals surface area contributed by atoms with Crippen LogP contribution in [0.4, 0.5) is 11.4 Å². The van der Waals surface area contributed by atoms with E-state index in [2.05, 4.69) is 5.32 Å². The van der Waals surface area contributed by atoms with E-state index in [-0.39, 0.29) is 18.1 Å². The maximum Gasteiger partial charge on any atom is 0.377 e. The molecule has 122 valence electrons. The van der Waals surface area contributed by atoms with E-state index in [1.807, 2.05) is 0 Å². The van der Waals surface area contributed by atoms with Gasteiger partial charge < -0.3 is 19.5 Å². The number of nitrogens with zero attached hydrogens (tertiary/aromatic N) is 1. The summed E-state index contributed by atoms with van der Waals surface area (Å²) in [6.07, 6.45) is 0.0522. The molecule has 1 aliphatic rings. The minimum atomic E-state index is -1.08. The Bertz CT molecular complexity index is 639. The van der Waals surface area contributed by atoms with Crippen molar-refractivity contribution in [1.29, 1.82) is 0 Å². The van der Waals surface area contributed by atoms with Crippen LogP contribution in [0.15, 0.2) is 36.3 Å². The minimum Gasteiger partial charge on any atom is -0.493 e. The van der Waals surface area contributed by atoms with E-state index in [1.165, 1.54) is 31.2 Å². The third-order valence-electron chi connectivity index (χ3n) is 2.85. The molecule has 1 aromatic carbocycles. The van der Waals surface area contributed by atoms with Gasteiger partial charge in [-0.1, -0.05) is 0 Å². The molecule has 9 heteroatoms. The Kier molecular flexibility index (Phi) is 5.13. The van der Waals surface area contributed by atoms with Crippen molar-refractivity contribution in [1.82, 2.24) is 0 Å². The number of rotatable bonds is 5. The monoisotopic (exact) mass is 322 g/mol. The fourth-order valence-electron chi connectivity index (χ4n) is 1.66. The predicted molar refractivity (Wildman–Crippen MR) is 77.3 cm³/mol. The quantitative estimate of drug-likeness (QED) is 0.494. The maximum atomic E-state index is 11.9. The van der Waals surface area contributed by atoms with Gasteiger partial charge in [-0.2, -0.15) is 0 Å². The zero-order valence-corrected chi connectivity index (χ0v) is 12.2. The van der Waals surface area contributed by atoms with Crippen molar-refractivity contribution >= 4 is 23.3 Å². The standard InChI is InChI=1S/C14H14N2O7/c1-9(23-14(18)12-8-21-6-7-22-12)13(17)15-10-2-4-11(5-3-10)16(19)20/h2-5,8-9H,6-7H2,1H3,(H,15,17)/t9-/m1/s1. The number of non-ortho nitro benzene ring substituents is 1. The average molecular weight is 322 g/mol. The number of nitro benzene ring substituents is 1. The van der Waals surface area contributed by atoms with Crippen LogP contribution in [0.25, 0.3) is 0 Å². The Hall–Kier alpha value is -3.10. The molecule has 2 rings (SSSR count). The largest absolute Gasteiger partial charge is 0.493 e. The molecule has 0 saturated carbocycles. The van der Waals surface area contributed by atoms with Crippen LogP contribution in [0.3, 0.4) is 0 Å². The second-order valence-electron chi connectivity index (χ2n) is 4.54. The fraction of sp³-hybridized carbons (Fsp3) is 0.286. The Morgan fingerprint density at radius 1 is 1.30 bits per heavy atom. The van der Waals surface area contributed by atoms with Gasteiger partial charge in [-0.3, -0.25) is 14.9 Å². The van der Waals surface area contributed by atoms with Crippen molar-refractivity contribution in [2.45, 2.75) is 13.0 Å². The van der Waals surface area contributed by atoms with Crippen LogP contribution in [-0.2, 0) is 23.8 Å². The minimum absolute atomic E-state index is 0.0936. The number of hydrogen-bond acceptors (Lipinski definition) is 7. The van der Waals surface area contributed by atoms with E-state index in [0.29, 0.717) is 12.3 Å². The number of ether oxygens (including phenoxy) is 3. The molecule has 0 unspecified atom stereocenters. The summed E-state index contributed by atoms with van der Waals surface area (Å²) in [7, 11) is 0. The molecule has 0 bridgehead atoms. The van der Waals surface area contributed by atoms with Gasteiger partial charge in [0.2, 0.25) is 5.76 Å². The zero-order chi connectivity index (χ0) is 16.8. The number of nitro groups is 1. The summed E-state index contributed by atoms with van der Waals surface area (Å²) >= 11 is 0. The molecule has 23 heavy (non-hydrogen) atoms. The van der Waals surface area contributed by atoms with E-state index in [4.69, 9.17) is 14.2 Å². The molecule has 0 aliphatic carbocycles. The van der Waals surface area contributed by atoms with Crippen molar-refractivity contribution in [3.8, 4) is 0 Å². The number of nitrogens with one attached hydrogen (secondary N) is 1. The van der Waals surface area contributed by atoms with Crippen LogP contribution in [0.2, 0.25) is 0 Å². The number of amides is 1. The molecule has 1 aromatic rings. The molecule has 0 aromatic heterocycles. The lowest BCUT2D eigenvalue weighted by Crippen LogP contribution is -2.31. The first kappa shape index (κ1) is 16.3. The lowest BCUT2D eigenvalue weighted by molar-refractivity contribution is -0.384. The van der Waals surface area contributed by atoms with E-state index < -0.39 is 22.9 Å². The van der Waals surface area contributed by atoms with Gasteiger partial charge in [-0.15, -0.1) is 0 Å². The number of esters is 1. The number of hydrogen-bond donors (Lipinski definition) is 1. The molecule has 1 N–H and O–H groups in total. The molecule has 1 amide bonds. The summed E-state index contributed by atoms with van der Waals surface area (Å²) in [5, 5.41) is 13.0. The van der Waals surface area contributed by atoms with Crippen LogP contribution in [-0.4, -0.2) is 36.1 Å². The summed E-state index contributed by atoms with van der Waals surface area (Å²) in [5.41, 5.74) is 0.254. The molecule has 9 nitrogen and oxygen atoms in total. The third-order valence-corrected chi connectivity index (χ3v) is 2.85. The fourth-order valence-corrected chi connectivity index (χ4v) is 1.66. The molecule has 0 saturated heterocycles. The van der Waals surface area contributed by atoms with Gasteiger partial charge >= 0.3 is 5.97 Å². The summed E-state index contributed by atoms with van der Waals surface area (Å²) in [6.45, 7) is 1.96.